The molecule has 1 atom stereocenters. The average molecular weight is 352 g/mol. The second-order valence-electron chi connectivity index (χ2n) is 5.03. The quantitative estimate of drug-likeness (QED) is 0.830. The highest BCUT2D eigenvalue weighted by Gasteiger charge is 2.40. The van der Waals surface area contributed by atoms with Gasteiger partial charge in [-0.15, -0.1) is 0 Å². The largest absolute Gasteiger partial charge is 0.496 e. The molecule has 1 N–H and O–H groups in total. The maximum absolute atomic E-state index is 13.5. The smallest absolute Gasteiger partial charge is 0.255 e. The predicted molar refractivity (Wildman–Crippen MR) is 91.7 cm³/mol. The van der Waals surface area contributed by atoms with Crippen molar-refractivity contribution in [2.75, 3.05) is 7.11 Å². The lowest BCUT2D eigenvalue weighted by molar-refractivity contribution is -0.136. The molecule has 1 saturated heterocycles. The van der Waals surface area contributed by atoms with Gasteiger partial charge in [0.2, 0.25) is 11.8 Å². The Morgan fingerprint density at radius 3 is 2.36 bits per heavy atom. The van der Waals surface area contributed by atoms with Crippen LogP contribution in [-0.4, -0.2) is 35.8 Å². The topological polar surface area (TPSA) is 75.7 Å². The Labute approximate surface area is 147 Å². The lowest BCUT2D eigenvalue weighted by Crippen LogP contribution is -2.52. The second-order valence-corrected chi connectivity index (χ2v) is 5.03. The van der Waals surface area contributed by atoms with Gasteiger partial charge in [0.1, 0.15) is 17.6 Å². The van der Waals surface area contributed by atoms with E-state index in [9.17, 15) is 18.8 Å². The summed E-state index contributed by atoms with van der Waals surface area (Å²) < 4.78 is 18.6. The molecule has 138 valence electrons. The van der Waals surface area contributed by atoms with Crippen LogP contribution in [0.25, 0.3) is 0 Å². The number of nitrogens with one attached hydrogen (secondary N) is 1. The summed E-state index contributed by atoms with van der Waals surface area (Å²) in [6.07, 6.45) is 0.456. The average Bonchev–Trinajstić information content (AvgIpc) is 2.94. The molecule has 25 heavy (non-hydrogen) atoms. The van der Waals surface area contributed by atoms with Gasteiger partial charge in [-0.25, -0.2) is 4.39 Å². The van der Waals surface area contributed by atoms with E-state index in [1.807, 2.05) is 27.7 Å². The Morgan fingerprint density at radius 2 is 1.80 bits per heavy atom. The third kappa shape index (κ3) is 4.15. The minimum atomic E-state index is -0.713. The van der Waals surface area contributed by atoms with E-state index in [2.05, 4.69) is 5.32 Å². The number of amides is 3. The van der Waals surface area contributed by atoms with Crippen LogP contribution in [0.1, 0.15) is 56.5 Å². The molecule has 1 unspecified atom stereocenters. The maximum Gasteiger partial charge on any atom is 0.255 e. The molecule has 0 aromatic heterocycles. The van der Waals surface area contributed by atoms with E-state index in [1.165, 1.54) is 18.1 Å². The van der Waals surface area contributed by atoms with Gasteiger partial charge in [-0.05, 0) is 12.5 Å². The summed E-state index contributed by atoms with van der Waals surface area (Å²) in [7, 11) is 1.40. The van der Waals surface area contributed by atoms with Gasteiger partial charge in [-0.2, -0.15) is 0 Å². The molecule has 1 aromatic carbocycles. The number of methoxy groups -OCH3 is 1. The van der Waals surface area contributed by atoms with E-state index < -0.39 is 23.7 Å². The third-order valence-electron chi connectivity index (χ3n) is 3.80. The zero-order valence-corrected chi connectivity index (χ0v) is 15.3. The molecule has 2 aliphatic heterocycles. The van der Waals surface area contributed by atoms with Crippen molar-refractivity contribution in [2.45, 2.75) is 53.1 Å². The number of rotatable bonds is 2. The van der Waals surface area contributed by atoms with Crippen LogP contribution in [0.4, 0.5) is 4.39 Å². The summed E-state index contributed by atoms with van der Waals surface area (Å²) in [4.78, 5) is 36.8. The van der Waals surface area contributed by atoms with Crippen molar-refractivity contribution in [3.05, 3.63) is 29.1 Å². The van der Waals surface area contributed by atoms with Gasteiger partial charge in [0.05, 0.1) is 19.2 Å². The fourth-order valence-corrected chi connectivity index (χ4v) is 2.78. The van der Waals surface area contributed by atoms with E-state index in [4.69, 9.17) is 4.74 Å². The Kier molecular flexibility index (Phi) is 7.54. The molecule has 2 aliphatic rings. The molecule has 1 fully saturated rings. The first kappa shape index (κ1) is 20.6. The number of carbonyl (C=O) groups excluding carboxylic acids is 3. The Bertz CT molecular complexity index is 661. The number of nitrogens with zero attached hydrogens (tertiary/aromatic N) is 1. The molecule has 1 aromatic rings. The van der Waals surface area contributed by atoms with Crippen LogP contribution in [0.2, 0.25) is 0 Å². The molecule has 0 saturated carbocycles. The minimum absolute atomic E-state index is 0.171. The van der Waals surface area contributed by atoms with Crippen molar-refractivity contribution in [3.8, 4) is 5.75 Å². The van der Waals surface area contributed by atoms with Crippen molar-refractivity contribution in [2.24, 2.45) is 0 Å². The number of fused-ring (bicyclic) bond motifs is 1. The molecule has 3 amide bonds. The number of hydrogen-bond donors (Lipinski definition) is 1. The van der Waals surface area contributed by atoms with Crippen molar-refractivity contribution in [1.29, 1.82) is 0 Å². The number of imide groups is 1. The van der Waals surface area contributed by atoms with Crippen molar-refractivity contribution in [3.63, 3.8) is 0 Å². The van der Waals surface area contributed by atoms with Gasteiger partial charge in [0.25, 0.3) is 5.91 Å². The molecule has 2 heterocycles. The van der Waals surface area contributed by atoms with E-state index in [-0.39, 0.29) is 36.6 Å². The molecular formula is C18H25FN2O4. The van der Waals surface area contributed by atoms with Crippen LogP contribution in [0.3, 0.4) is 0 Å². The number of carbonyl (C=O) groups is 3. The van der Waals surface area contributed by atoms with Crippen LogP contribution < -0.4 is 10.1 Å². The monoisotopic (exact) mass is 352 g/mol. The number of halogens is 1. The highest BCUT2D eigenvalue weighted by molar-refractivity contribution is 6.05. The lowest BCUT2D eigenvalue weighted by Gasteiger charge is -2.29. The normalized spacial score (nSPS) is 18.4. The van der Waals surface area contributed by atoms with Gasteiger partial charge in [0.15, 0.2) is 0 Å². The van der Waals surface area contributed by atoms with E-state index >= 15 is 0 Å². The van der Waals surface area contributed by atoms with Gasteiger partial charge in [-0.1, -0.05) is 27.7 Å². The molecule has 0 radical (unpaired) electrons. The summed E-state index contributed by atoms with van der Waals surface area (Å²) in [6, 6.07) is 1.64. The van der Waals surface area contributed by atoms with E-state index in [1.54, 1.807) is 0 Å². The van der Waals surface area contributed by atoms with Crippen LogP contribution >= 0.6 is 0 Å². The number of piperidine rings is 1. The standard InChI is InChI=1S/C14H13FN2O4.2C2H6/c1-21-11-5-7(15)4-8-9(11)6-17(14(8)20)10-2-3-12(18)16-13(10)19;2*1-2/h4-5,10H,2-3,6H2,1H3,(H,16,18,19);2*1-2H3. The summed E-state index contributed by atoms with van der Waals surface area (Å²) in [5, 5.41) is 2.22. The van der Waals surface area contributed by atoms with Crippen LogP contribution in [0.15, 0.2) is 12.1 Å². The van der Waals surface area contributed by atoms with Crippen LogP contribution in [0.5, 0.6) is 5.75 Å². The third-order valence-corrected chi connectivity index (χ3v) is 3.80. The number of benzene rings is 1. The fourth-order valence-electron chi connectivity index (χ4n) is 2.78. The summed E-state index contributed by atoms with van der Waals surface area (Å²) in [5.41, 5.74) is 0.769. The van der Waals surface area contributed by atoms with Gasteiger partial charge in [-0.3, -0.25) is 19.7 Å². The summed E-state index contributed by atoms with van der Waals surface area (Å²) in [5.74, 6) is -1.54. The van der Waals surface area contributed by atoms with E-state index in [0.717, 1.165) is 6.07 Å². The Morgan fingerprint density at radius 1 is 1.16 bits per heavy atom. The van der Waals surface area contributed by atoms with Crippen molar-refractivity contribution in [1.82, 2.24) is 10.2 Å². The van der Waals surface area contributed by atoms with Crippen LogP contribution in [0, 0.1) is 5.82 Å². The zero-order chi connectivity index (χ0) is 19.1. The minimum Gasteiger partial charge on any atom is -0.496 e. The van der Waals surface area contributed by atoms with Gasteiger partial charge < -0.3 is 9.64 Å². The SMILES string of the molecule is CC.CC.COc1cc(F)cc2c1CN(C1CCC(=O)NC1=O)C2=O. The summed E-state index contributed by atoms with van der Waals surface area (Å²) in [6.45, 7) is 8.17. The molecule has 7 heteroatoms. The summed E-state index contributed by atoms with van der Waals surface area (Å²) >= 11 is 0. The predicted octanol–water partition coefficient (Wildman–Crippen LogP) is 2.65. The molecule has 3 rings (SSSR count). The fraction of sp³-hybridized carbons (Fsp3) is 0.500. The Hall–Kier alpha value is -2.44. The zero-order valence-electron chi connectivity index (χ0n) is 15.3. The number of ether oxygens (including phenoxy) is 1. The second kappa shape index (κ2) is 9.15. The number of hydrogen-bond acceptors (Lipinski definition) is 4. The van der Waals surface area contributed by atoms with Crippen LogP contribution in [-0.2, 0) is 16.1 Å². The highest BCUT2D eigenvalue weighted by Crippen LogP contribution is 2.34. The first-order valence-electron chi connectivity index (χ1n) is 8.52. The first-order valence-corrected chi connectivity index (χ1v) is 8.52. The van der Waals surface area contributed by atoms with Gasteiger partial charge in [0, 0.05) is 18.1 Å². The lowest BCUT2D eigenvalue weighted by atomic mass is 10.0. The van der Waals surface area contributed by atoms with Gasteiger partial charge >= 0.3 is 0 Å². The molecular weight excluding hydrogens is 327 g/mol. The molecule has 0 bridgehead atoms. The first-order chi connectivity index (χ1) is 12.0. The van der Waals surface area contributed by atoms with Crippen molar-refractivity contribution >= 4 is 17.7 Å². The molecule has 6 nitrogen and oxygen atoms in total. The highest BCUT2D eigenvalue weighted by atomic mass is 19.1. The van der Waals surface area contributed by atoms with Crippen molar-refractivity contribution < 1.29 is 23.5 Å². The Balaban J connectivity index is 0.000000730. The molecule has 0 aliphatic carbocycles. The van der Waals surface area contributed by atoms with E-state index in [0.29, 0.717) is 5.56 Å². The molecule has 0 spiro atoms. The maximum atomic E-state index is 13.5.